The number of fused-ring (bicyclic) bond motifs is 1. The number of nitrogens with one attached hydrogen (secondary N) is 1. The van der Waals surface area contributed by atoms with E-state index >= 15 is 0 Å². The van der Waals surface area contributed by atoms with Gasteiger partial charge in [-0.3, -0.25) is 9.89 Å². The van der Waals surface area contributed by atoms with Crippen molar-refractivity contribution >= 4 is 12.7 Å². The molecule has 0 bridgehead atoms. The van der Waals surface area contributed by atoms with Crippen molar-refractivity contribution in [1.82, 2.24) is 19.7 Å². The molecule has 112 valence electrons. The van der Waals surface area contributed by atoms with E-state index in [4.69, 9.17) is 0 Å². The van der Waals surface area contributed by atoms with Gasteiger partial charge in [-0.2, -0.15) is 4.98 Å². The Morgan fingerprint density at radius 2 is 1.91 bits per heavy atom. The van der Waals surface area contributed by atoms with Crippen LogP contribution in [0.4, 0.5) is 0 Å². The van der Waals surface area contributed by atoms with E-state index in [1.807, 2.05) is 19.1 Å². The summed E-state index contributed by atoms with van der Waals surface area (Å²) < 4.78 is 1.58. The van der Waals surface area contributed by atoms with Gasteiger partial charge in [0.15, 0.2) is 0 Å². The molecule has 0 saturated carbocycles. The Labute approximate surface area is 128 Å². The summed E-state index contributed by atoms with van der Waals surface area (Å²) in [6.07, 6.45) is 1.80. The van der Waals surface area contributed by atoms with E-state index in [0.717, 1.165) is 11.3 Å². The van der Waals surface area contributed by atoms with Gasteiger partial charge >= 0.3 is 0 Å². The first-order chi connectivity index (χ1) is 10.5. The van der Waals surface area contributed by atoms with Gasteiger partial charge in [-0.15, -0.1) is 0 Å². The van der Waals surface area contributed by atoms with Crippen LogP contribution in [-0.4, -0.2) is 19.7 Å². The van der Waals surface area contributed by atoms with Crippen LogP contribution in [0.5, 0.6) is 0 Å². The first-order valence-electron chi connectivity index (χ1n) is 7.22. The highest BCUT2D eigenvalue weighted by Gasteiger charge is 2.11. The molecule has 2 heterocycles. The summed E-state index contributed by atoms with van der Waals surface area (Å²) in [4.78, 5) is 20.3. The lowest BCUT2D eigenvalue weighted by Crippen LogP contribution is -2.32. The summed E-state index contributed by atoms with van der Waals surface area (Å²) in [6, 6.07) is 8.15. The van der Waals surface area contributed by atoms with Gasteiger partial charge in [0.25, 0.3) is 11.5 Å². The van der Waals surface area contributed by atoms with Crippen LogP contribution in [0.1, 0.15) is 36.6 Å². The molecule has 3 rings (SSSR count). The van der Waals surface area contributed by atoms with Gasteiger partial charge in [0, 0.05) is 0 Å². The number of aromatic nitrogens is 4. The van der Waals surface area contributed by atoms with E-state index < -0.39 is 0 Å². The molecule has 5 nitrogen and oxygen atoms in total. The molecule has 2 aliphatic rings. The predicted molar refractivity (Wildman–Crippen MR) is 86.8 cm³/mol. The average molecular weight is 294 g/mol. The molecule has 0 spiro atoms. The molecule has 1 N–H and O–H groups in total. The first kappa shape index (κ1) is 14.3. The fraction of sp³-hybridized carbons (Fsp3) is 0.235. The molecule has 0 unspecified atom stereocenters. The van der Waals surface area contributed by atoms with E-state index in [2.05, 4.69) is 47.6 Å². The lowest BCUT2D eigenvalue weighted by molar-refractivity contribution is 0.746. The van der Waals surface area contributed by atoms with Crippen LogP contribution in [0.2, 0.25) is 0 Å². The van der Waals surface area contributed by atoms with E-state index in [9.17, 15) is 4.79 Å². The SMILES string of the molecule is C=c1[nH]n2/c(=C/c3ccc(C(C)C)cc3)c(=O)nc-2nc1C. The summed E-state index contributed by atoms with van der Waals surface area (Å²) in [6.45, 7) is 10.0. The number of H-pyrrole nitrogens is 1. The Hall–Kier alpha value is -2.69. The molecule has 0 radical (unpaired) electrons. The summed E-state index contributed by atoms with van der Waals surface area (Å²) in [7, 11) is 0. The van der Waals surface area contributed by atoms with E-state index in [1.165, 1.54) is 5.56 Å². The van der Waals surface area contributed by atoms with Gasteiger partial charge in [0.05, 0.1) is 11.0 Å². The number of hydrogen-bond donors (Lipinski definition) is 1. The number of aryl methyl sites for hydroxylation is 1. The highest BCUT2D eigenvalue weighted by molar-refractivity contribution is 5.49. The maximum atomic E-state index is 12.1. The molecule has 0 aromatic heterocycles. The summed E-state index contributed by atoms with van der Waals surface area (Å²) in [5, 5.41) is 4.16. The molecule has 5 heteroatoms. The lowest BCUT2D eigenvalue weighted by atomic mass is 10.0. The Morgan fingerprint density at radius 3 is 2.55 bits per heavy atom. The first-order valence-corrected chi connectivity index (χ1v) is 7.22. The zero-order valence-electron chi connectivity index (χ0n) is 12.9. The normalized spacial score (nSPS) is 12.5. The van der Waals surface area contributed by atoms with Crippen molar-refractivity contribution in [3.05, 3.63) is 62.1 Å². The summed E-state index contributed by atoms with van der Waals surface area (Å²) in [5.74, 6) is 0.842. The molecule has 0 atom stereocenters. The maximum absolute atomic E-state index is 12.1. The monoisotopic (exact) mass is 294 g/mol. The molecule has 0 aliphatic carbocycles. The topological polar surface area (TPSA) is 63.6 Å². The van der Waals surface area contributed by atoms with Crippen LogP contribution in [0.25, 0.3) is 18.6 Å². The minimum atomic E-state index is -0.304. The molecular formula is C17H18N4O. The third-order valence-corrected chi connectivity index (χ3v) is 3.72. The van der Waals surface area contributed by atoms with Crippen molar-refractivity contribution < 1.29 is 0 Å². The van der Waals surface area contributed by atoms with Gasteiger partial charge in [-0.05, 0) is 30.0 Å². The summed E-state index contributed by atoms with van der Waals surface area (Å²) in [5.41, 5.74) is 2.64. The standard InChI is InChI=1S/C17H18N4O/c1-10(2)14-7-5-13(6-8-14)9-15-16(22)19-17-18-11(3)12(4)20-21(15)17/h5-10,20H,4H2,1-3H3/b15-9+. The second-order valence-electron chi connectivity index (χ2n) is 5.69. The van der Waals surface area contributed by atoms with E-state index in [-0.39, 0.29) is 5.56 Å². The van der Waals surface area contributed by atoms with E-state index in [1.54, 1.807) is 10.8 Å². The van der Waals surface area contributed by atoms with Crippen molar-refractivity contribution in [2.75, 3.05) is 0 Å². The Kier molecular flexibility index (Phi) is 3.41. The Balaban J connectivity index is 2.17. The van der Waals surface area contributed by atoms with Crippen molar-refractivity contribution in [2.24, 2.45) is 0 Å². The lowest BCUT2D eigenvalue weighted by Gasteiger charge is -2.05. The fourth-order valence-electron chi connectivity index (χ4n) is 2.28. The number of rotatable bonds is 2. The van der Waals surface area contributed by atoms with Crippen molar-refractivity contribution in [3.8, 4) is 5.95 Å². The van der Waals surface area contributed by atoms with Crippen LogP contribution in [0.3, 0.4) is 0 Å². The third kappa shape index (κ3) is 2.45. The number of imidazole rings is 1. The van der Waals surface area contributed by atoms with Gasteiger partial charge < -0.3 is 0 Å². The van der Waals surface area contributed by atoms with Crippen molar-refractivity contribution in [1.29, 1.82) is 0 Å². The van der Waals surface area contributed by atoms with Crippen LogP contribution in [0, 0.1) is 6.92 Å². The highest BCUT2D eigenvalue weighted by Crippen LogP contribution is 2.14. The molecular weight excluding hydrogens is 276 g/mol. The molecule has 1 aromatic rings. The zero-order valence-corrected chi connectivity index (χ0v) is 12.9. The number of benzene rings is 1. The zero-order chi connectivity index (χ0) is 15.9. The largest absolute Gasteiger partial charge is 0.299 e. The minimum absolute atomic E-state index is 0.304. The second-order valence-corrected chi connectivity index (χ2v) is 5.69. The van der Waals surface area contributed by atoms with Crippen LogP contribution in [-0.2, 0) is 0 Å². The van der Waals surface area contributed by atoms with Gasteiger partial charge in [-0.1, -0.05) is 44.7 Å². The summed E-state index contributed by atoms with van der Waals surface area (Å²) >= 11 is 0. The van der Waals surface area contributed by atoms with Gasteiger partial charge in [-0.25, -0.2) is 9.67 Å². The Bertz CT molecular complexity index is 948. The highest BCUT2D eigenvalue weighted by atomic mass is 16.1. The van der Waals surface area contributed by atoms with Crippen LogP contribution >= 0.6 is 0 Å². The van der Waals surface area contributed by atoms with Crippen LogP contribution < -0.4 is 16.3 Å². The minimum Gasteiger partial charge on any atom is -0.290 e. The molecule has 0 fully saturated rings. The quantitative estimate of drug-likeness (QED) is 0.769. The molecule has 1 aromatic carbocycles. The number of hydrogen-bond acceptors (Lipinski definition) is 3. The predicted octanol–water partition coefficient (Wildman–Crippen LogP) is 1.06. The Morgan fingerprint density at radius 1 is 1.23 bits per heavy atom. The van der Waals surface area contributed by atoms with Crippen LogP contribution in [0.15, 0.2) is 29.1 Å². The smallest absolute Gasteiger partial charge is 0.290 e. The van der Waals surface area contributed by atoms with Gasteiger partial charge in [0.1, 0.15) is 5.35 Å². The molecule has 22 heavy (non-hydrogen) atoms. The average Bonchev–Trinajstić information content (AvgIpc) is 2.76. The number of aromatic amines is 1. The number of nitrogens with zero attached hydrogens (tertiary/aromatic N) is 3. The molecule has 2 aliphatic heterocycles. The van der Waals surface area contributed by atoms with Gasteiger partial charge in [0.2, 0.25) is 0 Å². The van der Waals surface area contributed by atoms with Crippen molar-refractivity contribution in [3.63, 3.8) is 0 Å². The molecule has 0 saturated heterocycles. The second kappa shape index (κ2) is 5.26. The van der Waals surface area contributed by atoms with E-state index in [0.29, 0.717) is 22.6 Å². The van der Waals surface area contributed by atoms with Crippen molar-refractivity contribution in [2.45, 2.75) is 26.7 Å². The molecule has 0 amide bonds. The fourth-order valence-corrected chi connectivity index (χ4v) is 2.28. The maximum Gasteiger partial charge on any atom is 0.299 e. The third-order valence-electron chi connectivity index (χ3n) is 3.72.